The lowest BCUT2D eigenvalue weighted by Crippen LogP contribution is -2.60. The average Bonchev–Trinajstić information content (AvgIpc) is 1.80. The van der Waals surface area contributed by atoms with Crippen LogP contribution in [0.25, 0.3) is 0 Å². The van der Waals surface area contributed by atoms with Crippen molar-refractivity contribution in [3.63, 3.8) is 0 Å². The largest absolute Gasteiger partial charge is 0.392 e. The molecule has 0 aromatic carbocycles. The Morgan fingerprint density at radius 1 is 1.45 bits per heavy atom. The van der Waals surface area contributed by atoms with Gasteiger partial charge in [-0.15, -0.1) is 0 Å². The number of nitrogens with zero attached hydrogens (tertiary/aromatic N) is 1. The summed E-state index contributed by atoms with van der Waals surface area (Å²) in [6, 6.07) is 0. The van der Waals surface area contributed by atoms with Gasteiger partial charge in [0.2, 0.25) is 0 Å². The third kappa shape index (κ3) is 1.57. The van der Waals surface area contributed by atoms with Crippen LogP contribution in [0.15, 0.2) is 0 Å². The van der Waals surface area contributed by atoms with Crippen LogP contribution < -0.4 is 0 Å². The Bertz CT molecular complexity index is 136. The number of rotatable bonds is 2. The molecule has 2 heteroatoms. The summed E-state index contributed by atoms with van der Waals surface area (Å²) in [7, 11) is 0. The molecule has 2 nitrogen and oxygen atoms in total. The highest BCUT2D eigenvalue weighted by Gasteiger charge is 2.37. The molecule has 1 fully saturated rings. The second-order valence-corrected chi connectivity index (χ2v) is 4.34. The molecule has 0 saturated carbocycles. The first kappa shape index (κ1) is 9.01. The lowest BCUT2D eigenvalue weighted by atomic mass is 9.89. The highest BCUT2D eigenvalue weighted by molar-refractivity contribution is 4.92. The first-order valence-corrected chi connectivity index (χ1v) is 4.37. The Morgan fingerprint density at radius 3 is 2.18 bits per heavy atom. The second-order valence-electron chi connectivity index (χ2n) is 4.34. The van der Waals surface area contributed by atoms with E-state index in [1.54, 1.807) is 0 Å². The zero-order valence-corrected chi connectivity index (χ0v) is 7.96. The van der Waals surface area contributed by atoms with Gasteiger partial charge in [0.05, 0.1) is 6.10 Å². The van der Waals surface area contributed by atoms with Crippen molar-refractivity contribution in [2.24, 2.45) is 5.92 Å². The van der Waals surface area contributed by atoms with Gasteiger partial charge in [0.1, 0.15) is 0 Å². The van der Waals surface area contributed by atoms with E-state index in [9.17, 15) is 5.11 Å². The quantitative estimate of drug-likeness (QED) is 0.649. The van der Waals surface area contributed by atoms with Crippen molar-refractivity contribution in [1.29, 1.82) is 0 Å². The van der Waals surface area contributed by atoms with Crippen molar-refractivity contribution in [2.75, 3.05) is 13.1 Å². The number of hydrogen-bond donors (Lipinski definition) is 1. The van der Waals surface area contributed by atoms with Gasteiger partial charge < -0.3 is 5.11 Å². The van der Waals surface area contributed by atoms with E-state index in [0.29, 0.717) is 0 Å². The molecule has 1 rings (SSSR count). The van der Waals surface area contributed by atoms with Crippen LogP contribution in [0.4, 0.5) is 0 Å². The molecule has 1 unspecified atom stereocenters. The number of aliphatic hydroxyl groups excluding tert-OH is 1. The lowest BCUT2D eigenvalue weighted by Gasteiger charge is -2.49. The molecule has 1 atom stereocenters. The molecule has 0 bridgehead atoms. The normalized spacial score (nSPS) is 24.8. The molecule has 1 aliphatic heterocycles. The van der Waals surface area contributed by atoms with Gasteiger partial charge in [0.15, 0.2) is 0 Å². The zero-order valence-electron chi connectivity index (χ0n) is 7.96. The fourth-order valence-corrected chi connectivity index (χ4v) is 1.43. The molecule has 66 valence electrons. The van der Waals surface area contributed by atoms with Crippen molar-refractivity contribution < 1.29 is 5.11 Å². The highest BCUT2D eigenvalue weighted by Crippen LogP contribution is 2.27. The highest BCUT2D eigenvalue weighted by atomic mass is 16.3. The van der Waals surface area contributed by atoms with Crippen LogP contribution in [-0.4, -0.2) is 34.7 Å². The van der Waals surface area contributed by atoms with E-state index in [4.69, 9.17) is 0 Å². The Balaban J connectivity index is 2.46. The summed E-state index contributed by atoms with van der Waals surface area (Å²) in [6.07, 6.45) is -0.241. The summed E-state index contributed by atoms with van der Waals surface area (Å²) in [5.74, 6) is 0.813. The fraction of sp³-hybridized carbons (Fsp3) is 1.00. The molecular weight excluding hydrogens is 138 g/mol. The van der Waals surface area contributed by atoms with E-state index in [1.165, 1.54) is 0 Å². The molecule has 0 aliphatic carbocycles. The van der Waals surface area contributed by atoms with E-state index in [1.807, 2.05) is 6.92 Å². The predicted molar refractivity (Wildman–Crippen MR) is 46.5 cm³/mol. The molecule has 1 heterocycles. The minimum Gasteiger partial charge on any atom is -0.392 e. The first-order valence-electron chi connectivity index (χ1n) is 4.37. The Labute approximate surface area is 69.2 Å². The van der Waals surface area contributed by atoms with Crippen molar-refractivity contribution in [1.82, 2.24) is 4.90 Å². The Morgan fingerprint density at radius 2 is 1.91 bits per heavy atom. The average molecular weight is 157 g/mol. The van der Waals surface area contributed by atoms with Crippen LogP contribution in [0.5, 0.6) is 0 Å². The molecule has 0 amide bonds. The minimum atomic E-state index is -0.241. The summed E-state index contributed by atoms with van der Waals surface area (Å²) >= 11 is 0. The van der Waals surface area contributed by atoms with E-state index >= 15 is 0 Å². The molecular formula is C9H19NO. The SMILES string of the molecule is CC1CN(C(C)(C)C(C)O)C1. The standard InChI is InChI=1S/C9H19NO/c1-7-5-10(6-7)9(3,4)8(2)11/h7-8,11H,5-6H2,1-4H3. The Hall–Kier alpha value is -0.0800. The maximum atomic E-state index is 9.46. The molecule has 11 heavy (non-hydrogen) atoms. The number of likely N-dealkylation sites (tertiary alicyclic amines) is 1. The first-order chi connectivity index (χ1) is 4.94. The summed E-state index contributed by atoms with van der Waals surface area (Å²) in [4.78, 5) is 2.34. The summed E-state index contributed by atoms with van der Waals surface area (Å²) in [5, 5.41) is 9.46. The van der Waals surface area contributed by atoms with Gasteiger partial charge in [0, 0.05) is 18.6 Å². The van der Waals surface area contributed by atoms with Gasteiger partial charge in [-0.3, -0.25) is 4.90 Å². The zero-order chi connectivity index (χ0) is 8.65. The van der Waals surface area contributed by atoms with Crippen LogP contribution in [0, 0.1) is 5.92 Å². The summed E-state index contributed by atoms with van der Waals surface area (Å²) < 4.78 is 0. The summed E-state index contributed by atoms with van der Waals surface area (Å²) in [6.45, 7) is 10.6. The van der Waals surface area contributed by atoms with Gasteiger partial charge in [0.25, 0.3) is 0 Å². The maximum absolute atomic E-state index is 9.46. The minimum absolute atomic E-state index is 0.0352. The monoisotopic (exact) mass is 157 g/mol. The molecule has 0 spiro atoms. The van der Waals surface area contributed by atoms with E-state index in [-0.39, 0.29) is 11.6 Å². The Kier molecular flexibility index (Phi) is 2.26. The third-order valence-electron chi connectivity index (χ3n) is 2.90. The van der Waals surface area contributed by atoms with E-state index in [0.717, 1.165) is 19.0 Å². The topological polar surface area (TPSA) is 23.5 Å². The molecule has 1 N–H and O–H groups in total. The molecule has 0 aromatic heterocycles. The number of aliphatic hydroxyl groups is 1. The lowest BCUT2D eigenvalue weighted by molar-refractivity contribution is -0.0569. The van der Waals surface area contributed by atoms with E-state index < -0.39 is 0 Å². The molecule has 0 aromatic rings. The number of hydrogen-bond acceptors (Lipinski definition) is 2. The maximum Gasteiger partial charge on any atom is 0.0690 e. The van der Waals surface area contributed by atoms with Gasteiger partial charge in [-0.2, -0.15) is 0 Å². The van der Waals surface area contributed by atoms with Crippen molar-refractivity contribution >= 4 is 0 Å². The van der Waals surface area contributed by atoms with Crippen molar-refractivity contribution in [3.8, 4) is 0 Å². The van der Waals surface area contributed by atoms with Crippen LogP contribution in [0.3, 0.4) is 0 Å². The van der Waals surface area contributed by atoms with Crippen LogP contribution in [-0.2, 0) is 0 Å². The van der Waals surface area contributed by atoms with Gasteiger partial charge in [-0.05, 0) is 26.7 Å². The molecule has 1 saturated heterocycles. The van der Waals surface area contributed by atoms with Crippen LogP contribution in [0.2, 0.25) is 0 Å². The third-order valence-corrected chi connectivity index (χ3v) is 2.90. The van der Waals surface area contributed by atoms with Crippen molar-refractivity contribution in [3.05, 3.63) is 0 Å². The smallest absolute Gasteiger partial charge is 0.0690 e. The molecule has 0 radical (unpaired) electrons. The van der Waals surface area contributed by atoms with Gasteiger partial charge in [-0.25, -0.2) is 0 Å². The van der Waals surface area contributed by atoms with Crippen LogP contribution >= 0.6 is 0 Å². The van der Waals surface area contributed by atoms with Gasteiger partial charge in [-0.1, -0.05) is 6.92 Å². The predicted octanol–water partition coefficient (Wildman–Crippen LogP) is 1.10. The fourth-order valence-electron chi connectivity index (χ4n) is 1.43. The van der Waals surface area contributed by atoms with Gasteiger partial charge >= 0.3 is 0 Å². The molecule has 1 aliphatic rings. The van der Waals surface area contributed by atoms with Crippen molar-refractivity contribution in [2.45, 2.75) is 39.3 Å². The van der Waals surface area contributed by atoms with Crippen LogP contribution in [0.1, 0.15) is 27.7 Å². The summed E-state index contributed by atoms with van der Waals surface area (Å²) in [5.41, 5.74) is -0.0352. The second kappa shape index (κ2) is 2.76. The van der Waals surface area contributed by atoms with E-state index in [2.05, 4.69) is 25.7 Å².